The van der Waals surface area contributed by atoms with E-state index >= 15 is 0 Å². The topological polar surface area (TPSA) is 67.6 Å². The molecule has 2 saturated heterocycles. The van der Waals surface area contributed by atoms with Crippen LogP contribution in [0.3, 0.4) is 0 Å². The van der Waals surface area contributed by atoms with Gasteiger partial charge in [0.05, 0.1) is 6.61 Å². The summed E-state index contributed by atoms with van der Waals surface area (Å²) in [7, 11) is 1.85. The molecular formula is C18H24N6O. The summed E-state index contributed by atoms with van der Waals surface area (Å²) in [5.74, 6) is 1.83. The molecule has 0 amide bonds. The standard InChI is InChI=1S/C18H24N6O/c1-19-17(23-7-3-18(12-23)4-9-25-13-18)22-11-15-2-5-21-16(10-15)24-8-6-20-14-24/h2,5-6,8,10,14H,3-4,7,9,11-13H2,1H3,(H,19,22). The SMILES string of the molecule is CN=C(NCc1ccnc(-n2ccnc2)c1)N1CCC2(CCOC2)C1. The number of nitrogens with zero attached hydrogens (tertiary/aromatic N) is 5. The number of hydrogen-bond acceptors (Lipinski definition) is 4. The number of likely N-dealkylation sites (tertiary alicyclic amines) is 1. The number of hydrogen-bond donors (Lipinski definition) is 1. The Morgan fingerprint density at radius 2 is 2.36 bits per heavy atom. The molecule has 1 unspecified atom stereocenters. The van der Waals surface area contributed by atoms with Crippen molar-refractivity contribution in [3.05, 3.63) is 42.6 Å². The molecule has 0 saturated carbocycles. The van der Waals surface area contributed by atoms with Gasteiger partial charge >= 0.3 is 0 Å². The van der Waals surface area contributed by atoms with Crippen LogP contribution in [0.1, 0.15) is 18.4 Å². The normalized spacial score (nSPS) is 23.6. The summed E-state index contributed by atoms with van der Waals surface area (Å²) in [6.07, 6.45) is 9.59. The maximum Gasteiger partial charge on any atom is 0.193 e. The number of aliphatic imine (C=N–C) groups is 1. The number of nitrogens with one attached hydrogen (secondary N) is 1. The zero-order chi connectivity index (χ0) is 17.1. The molecule has 7 nitrogen and oxygen atoms in total. The van der Waals surface area contributed by atoms with E-state index in [1.165, 1.54) is 12.8 Å². The Morgan fingerprint density at radius 3 is 3.12 bits per heavy atom. The van der Waals surface area contributed by atoms with Gasteiger partial charge < -0.3 is 15.0 Å². The highest BCUT2D eigenvalue weighted by atomic mass is 16.5. The molecule has 7 heteroatoms. The van der Waals surface area contributed by atoms with Gasteiger partial charge in [0.15, 0.2) is 5.96 Å². The molecule has 4 rings (SSSR count). The number of pyridine rings is 1. The van der Waals surface area contributed by atoms with E-state index in [-0.39, 0.29) is 0 Å². The predicted molar refractivity (Wildman–Crippen MR) is 95.6 cm³/mol. The first-order valence-corrected chi connectivity index (χ1v) is 8.75. The van der Waals surface area contributed by atoms with Crippen LogP contribution < -0.4 is 5.32 Å². The van der Waals surface area contributed by atoms with Crippen molar-refractivity contribution in [1.29, 1.82) is 0 Å². The number of imidazole rings is 1. The Balaban J connectivity index is 1.39. The van der Waals surface area contributed by atoms with Gasteiger partial charge in [0.2, 0.25) is 0 Å². The van der Waals surface area contributed by atoms with Crippen LogP contribution >= 0.6 is 0 Å². The highest BCUT2D eigenvalue weighted by Crippen LogP contribution is 2.38. The monoisotopic (exact) mass is 340 g/mol. The van der Waals surface area contributed by atoms with Crippen LogP contribution in [0.2, 0.25) is 0 Å². The average molecular weight is 340 g/mol. The quantitative estimate of drug-likeness (QED) is 0.677. The lowest BCUT2D eigenvalue weighted by molar-refractivity contribution is 0.156. The second-order valence-corrected chi connectivity index (χ2v) is 6.87. The van der Waals surface area contributed by atoms with Gasteiger partial charge in [0.1, 0.15) is 12.1 Å². The first-order valence-electron chi connectivity index (χ1n) is 8.75. The lowest BCUT2D eigenvalue weighted by Gasteiger charge is -2.25. The molecule has 132 valence electrons. The minimum atomic E-state index is 0.336. The fourth-order valence-corrected chi connectivity index (χ4v) is 3.71. The average Bonchev–Trinajstić information content (AvgIpc) is 3.40. The van der Waals surface area contributed by atoms with Crippen molar-refractivity contribution in [2.45, 2.75) is 19.4 Å². The van der Waals surface area contributed by atoms with Crippen molar-refractivity contribution in [2.75, 3.05) is 33.4 Å². The number of guanidine groups is 1. The lowest BCUT2D eigenvalue weighted by Crippen LogP contribution is -2.41. The summed E-state index contributed by atoms with van der Waals surface area (Å²) in [5, 5.41) is 3.49. The van der Waals surface area contributed by atoms with Crippen molar-refractivity contribution in [1.82, 2.24) is 24.8 Å². The minimum absolute atomic E-state index is 0.336. The molecule has 2 fully saturated rings. The Labute approximate surface area is 147 Å². The maximum absolute atomic E-state index is 5.62. The lowest BCUT2D eigenvalue weighted by atomic mass is 9.87. The van der Waals surface area contributed by atoms with Crippen molar-refractivity contribution in [3.63, 3.8) is 0 Å². The second kappa shape index (κ2) is 6.84. The van der Waals surface area contributed by atoms with Crippen molar-refractivity contribution < 1.29 is 4.74 Å². The molecule has 0 radical (unpaired) electrons. The molecule has 0 aliphatic carbocycles. The van der Waals surface area contributed by atoms with Crippen LogP contribution in [0.15, 0.2) is 42.0 Å². The molecule has 1 atom stereocenters. The van der Waals surface area contributed by atoms with E-state index in [9.17, 15) is 0 Å². The summed E-state index contributed by atoms with van der Waals surface area (Å²) in [5.41, 5.74) is 1.50. The first-order chi connectivity index (χ1) is 12.3. The molecule has 25 heavy (non-hydrogen) atoms. The predicted octanol–water partition coefficient (Wildman–Crippen LogP) is 1.46. The van der Waals surface area contributed by atoms with E-state index in [2.05, 4.69) is 31.2 Å². The first kappa shape index (κ1) is 16.1. The molecule has 1 spiro atoms. The van der Waals surface area contributed by atoms with Gasteiger partial charge in [-0.3, -0.25) is 9.56 Å². The van der Waals surface area contributed by atoms with Crippen LogP contribution in [0.5, 0.6) is 0 Å². The van der Waals surface area contributed by atoms with Gasteiger partial charge in [0.25, 0.3) is 0 Å². The van der Waals surface area contributed by atoms with Crippen LogP contribution in [-0.2, 0) is 11.3 Å². The number of aromatic nitrogens is 3. The summed E-state index contributed by atoms with van der Waals surface area (Å²) >= 11 is 0. The molecular weight excluding hydrogens is 316 g/mol. The fourth-order valence-electron chi connectivity index (χ4n) is 3.71. The zero-order valence-corrected chi connectivity index (χ0v) is 14.6. The van der Waals surface area contributed by atoms with Gasteiger partial charge in [-0.15, -0.1) is 0 Å². The largest absolute Gasteiger partial charge is 0.381 e. The van der Waals surface area contributed by atoms with Crippen LogP contribution in [0.25, 0.3) is 5.82 Å². The Hall–Kier alpha value is -2.41. The Kier molecular flexibility index (Phi) is 4.40. The van der Waals surface area contributed by atoms with Crippen molar-refractivity contribution in [3.8, 4) is 5.82 Å². The fraction of sp³-hybridized carbons (Fsp3) is 0.500. The van der Waals surface area contributed by atoms with Gasteiger partial charge in [-0.1, -0.05) is 0 Å². The maximum atomic E-state index is 5.62. The van der Waals surface area contributed by atoms with Gasteiger partial charge in [-0.2, -0.15) is 0 Å². The molecule has 2 aliphatic rings. The van der Waals surface area contributed by atoms with Crippen molar-refractivity contribution in [2.24, 2.45) is 10.4 Å². The summed E-state index contributed by atoms with van der Waals surface area (Å²) < 4.78 is 7.53. The van der Waals surface area contributed by atoms with Gasteiger partial charge in [-0.25, -0.2) is 9.97 Å². The van der Waals surface area contributed by atoms with E-state index in [0.29, 0.717) is 5.41 Å². The number of rotatable bonds is 3. The van der Waals surface area contributed by atoms with Gasteiger partial charge in [-0.05, 0) is 30.5 Å². The highest BCUT2D eigenvalue weighted by molar-refractivity contribution is 5.80. The minimum Gasteiger partial charge on any atom is -0.381 e. The molecule has 2 aromatic rings. The Morgan fingerprint density at radius 1 is 1.40 bits per heavy atom. The summed E-state index contributed by atoms with van der Waals surface area (Å²) in [6, 6.07) is 4.09. The second-order valence-electron chi connectivity index (χ2n) is 6.87. The summed E-state index contributed by atoms with van der Waals surface area (Å²) in [4.78, 5) is 15.3. The van der Waals surface area contributed by atoms with E-state index in [4.69, 9.17) is 4.74 Å². The molecule has 4 heterocycles. The third-order valence-corrected chi connectivity index (χ3v) is 5.16. The van der Waals surface area contributed by atoms with E-state index in [1.807, 2.05) is 30.1 Å². The van der Waals surface area contributed by atoms with Crippen LogP contribution in [0, 0.1) is 5.41 Å². The smallest absolute Gasteiger partial charge is 0.193 e. The zero-order valence-electron chi connectivity index (χ0n) is 14.6. The van der Waals surface area contributed by atoms with E-state index in [1.54, 1.807) is 12.5 Å². The van der Waals surface area contributed by atoms with Gasteiger partial charge in [0, 0.05) is 57.3 Å². The van der Waals surface area contributed by atoms with E-state index in [0.717, 1.165) is 50.2 Å². The van der Waals surface area contributed by atoms with Crippen LogP contribution in [-0.4, -0.2) is 58.7 Å². The molecule has 0 bridgehead atoms. The third-order valence-electron chi connectivity index (χ3n) is 5.16. The highest BCUT2D eigenvalue weighted by Gasteiger charge is 2.42. The number of ether oxygens (including phenoxy) is 1. The third kappa shape index (κ3) is 3.37. The van der Waals surface area contributed by atoms with Crippen LogP contribution in [0.4, 0.5) is 0 Å². The summed E-state index contributed by atoms with van der Waals surface area (Å²) in [6.45, 7) is 4.58. The van der Waals surface area contributed by atoms with E-state index < -0.39 is 0 Å². The van der Waals surface area contributed by atoms with Crippen molar-refractivity contribution >= 4 is 5.96 Å². The molecule has 0 aromatic carbocycles. The molecule has 1 N–H and O–H groups in total. The molecule has 2 aliphatic heterocycles. The Bertz CT molecular complexity index is 736. The molecule has 2 aromatic heterocycles.